The smallest absolute Gasteiger partial charge is 0.328 e. The van der Waals surface area contributed by atoms with Crippen LogP contribution in [0.4, 0.5) is 0 Å². The molecule has 0 saturated carbocycles. The summed E-state index contributed by atoms with van der Waals surface area (Å²) in [5.74, 6) is 0. The Labute approximate surface area is 74.3 Å². The van der Waals surface area contributed by atoms with Crippen LogP contribution in [0.5, 0.6) is 0 Å². The van der Waals surface area contributed by atoms with E-state index in [1.807, 2.05) is 20.8 Å². The minimum Gasteiger partial charge on any atom is -0.328 e. The van der Waals surface area contributed by atoms with Gasteiger partial charge in [-0.25, -0.2) is 4.31 Å². The Balaban J connectivity index is 3.51. The highest BCUT2D eigenvalue weighted by molar-refractivity contribution is 7.54. The Kier molecular flexibility index (Phi) is 5.70. The van der Waals surface area contributed by atoms with Crippen LogP contribution in [0.2, 0.25) is 0 Å². The van der Waals surface area contributed by atoms with E-state index in [0.29, 0.717) is 6.61 Å². The van der Waals surface area contributed by atoms with Gasteiger partial charge in [0, 0.05) is 0 Å². The van der Waals surface area contributed by atoms with Gasteiger partial charge in [-0.1, -0.05) is 20.8 Å². The number of rotatable bonds is 4. The summed E-state index contributed by atoms with van der Waals surface area (Å²) in [6.45, 7) is 6.09. The molecule has 1 unspecified atom stereocenters. The topological polar surface area (TPSA) is 79.2 Å². The summed E-state index contributed by atoms with van der Waals surface area (Å²) in [5, 5.41) is 0. The molecule has 0 radical (unpaired) electrons. The van der Waals surface area contributed by atoms with Gasteiger partial charge in [-0.05, 0) is 5.41 Å². The average Bonchev–Trinajstić information content (AvgIpc) is 1.80. The van der Waals surface area contributed by atoms with E-state index in [-0.39, 0.29) is 5.41 Å². The molecule has 7 heteroatoms. The quantitative estimate of drug-likeness (QED) is 0.620. The van der Waals surface area contributed by atoms with Gasteiger partial charge in [-0.2, -0.15) is 0 Å². The first-order valence-electron chi connectivity index (χ1n) is 3.29. The standard InChI is InChI=1S/C5H14O5P2/c1-5(2,3)4-9-12(8)10-11(6)7/h6-8H,4H2,1-3H3. The molecule has 1 atom stereocenters. The van der Waals surface area contributed by atoms with Gasteiger partial charge in [0.25, 0.3) is 0 Å². The van der Waals surface area contributed by atoms with Crippen LogP contribution in [0.25, 0.3) is 0 Å². The average molecular weight is 216 g/mol. The summed E-state index contributed by atoms with van der Waals surface area (Å²) in [7, 11) is -4.69. The third-order valence-electron chi connectivity index (χ3n) is 0.751. The summed E-state index contributed by atoms with van der Waals surface area (Å²) >= 11 is 0. The number of hydrogen-bond donors (Lipinski definition) is 3. The summed E-state index contributed by atoms with van der Waals surface area (Å²) in [4.78, 5) is 25.6. The van der Waals surface area contributed by atoms with Gasteiger partial charge < -0.3 is 19.2 Å². The molecular weight excluding hydrogens is 202 g/mol. The predicted molar refractivity (Wildman–Crippen MR) is 47.0 cm³/mol. The predicted octanol–water partition coefficient (Wildman–Crippen LogP) is 1.50. The van der Waals surface area contributed by atoms with E-state index in [0.717, 1.165) is 0 Å². The van der Waals surface area contributed by atoms with Crippen LogP contribution in [0.15, 0.2) is 0 Å². The maximum absolute atomic E-state index is 8.90. The van der Waals surface area contributed by atoms with Crippen molar-refractivity contribution in [2.45, 2.75) is 20.8 Å². The maximum Gasteiger partial charge on any atom is 0.337 e. The lowest BCUT2D eigenvalue weighted by molar-refractivity contribution is 0.172. The third kappa shape index (κ3) is 8.75. The second-order valence-corrected chi connectivity index (χ2v) is 5.30. The van der Waals surface area contributed by atoms with Gasteiger partial charge in [-0.15, -0.1) is 0 Å². The molecule has 12 heavy (non-hydrogen) atoms. The summed E-state index contributed by atoms with van der Waals surface area (Å²) < 4.78 is 9.03. The van der Waals surface area contributed by atoms with Crippen LogP contribution in [0.3, 0.4) is 0 Å². The van der Waals surface area contributed by atoms with Gasteiger partial charge >= 0.3 is 17.2 Å². The molecule has 0 rings (SSSR count). The monoisotopic (exact) mass is 216 g/mol. The molecule has 0 aliphatic carbocycles. The lowest BCUT2D eigenvalue weighted by Crippen LogP contribution is -2.12. The molecule has 0 fully saturated rings. The largest absolute Gasteiger partial charge is 0.337 e. The van der Waals surface area contributed by atoms with Crippen molar-refractivity contribution in [2.24, 2.45) is 5.41 Å². The molecule has 0 heterocycles. The first-order chi connectivity index (χ1) is 5.31. The zero-order valence-corrected chi connectivity index (χ0v) is 9.05. The molecule has 0 aromatic heterocycles. The highest BCUT2D eigenvalue weighted by Crippen LogP contribution is 2.46. The second-order valence-electron chi connectivity index (χ2n) is 3.41. The zero-order chi connectivity index (χ0) is 9.78. The first-order valence-corrected chi connectivity index (χ1v) is 5.59. The van der Waals surface area contributed by atoms with Crippen LogP contribution in [-0.4, -0.2) is 21.3 Å². The molecule has 5 nitrogen and oxygen atoms in total. The van der Waals surface area contributed by atoms with Crippen molar-refractivity contribution in [1.82, 2.24) is 0 Å². The molecule has 0 aliphatic heterocycles. The van der Waals surface area contributed by atoms with Crippen molar-refractivity contribution in [3.63, 3.8) is 0 Å². The molecule has 74 valence electrons. The fourth-order valence-corrected chi connectivity index (χ4v) is 1.52. The molecule has 0 spiro atoms. The van der Waals surface area contributed by atoms with Crippen LogP contribution in [0, 0.1) is 5.41 Å². The van der Waals surface area contributed by atoms with Crippen molar-refractivity contribution in [2.75, 3.05) is 6.61 Å². The summed E-state index contributed by atoms with van der Waals surface area (Å²) in [6.07, 6.45) is 0. The Morgan fingerprint density at radius 1 is 1.17 bits per heavy atom. The maximum atomic E-state index is 8.90. The molecule has 3 N–H and O–H groups in total. The SMILES string of the molecule is CC(C)(C)COP(O)OP(O)O. The van der Waals surface area contributed by atoms with E-state index >= 15 is 0 Å². The van der Waals surface area contributed by atoms with E-state index in [9.17, 15) is 0 Å². The Morgan fingerprint density at radius 2 is 1.67 bits per heavy atom. The second kappa shape index (κ2) is 5.40. The summed E-state index contributed by atoms with van der Waals surface area (Å²) in [5.41, 5.74) is -0.0830. The third-order valence-corrected chi connectivity index (χ3v) is 2.24. The molecule has 0 saturated heterocycles. The normalized spacial score (nSPS) is 15.2. The highest BCUT2D eigenvalue weighted by atomic mass is 31.2. The van der Waals surface area contributed by atoms with Gasteiger partial charge in [0.05, 0.1) is 6.61 Å². The lowest BCUT2D eigenvalue weighted by atomic mass is 9.99. The fourth-order valence-electron chi connectivity index (χ4n) is 0.335. The minimum atomic E-state index is -2.53. The minimum absolute atomic E-state index is 0.0830. The van der Waals surface area contributed by atoms with Gasteiger partial charge in [0.15, 0.2) is 0 Å². The Hall–Kier alpha value is 0.660. The van der Waals surface area contributed by atoms with E-state index < -0.39 is 17.2 Å². The fraction of sp³-hybridized carbons (Fsp3) is 1.00. The molecule has 0 aromatic rings. The van der Waals surface area contributed by atoms with E-state index in [2.05, 4.69) is 4.31 Å². The zero-order valence-electron chi connectivity index (χ0n) is 7.26. The van der Waals surface area contributed by atoms with Crippen LogP contribution in [-0.2, 0) is 8.83 Å². The van der Waals surface area contributed by atoms with Crippen molar-refractivity contribution in [1.29, 1.82) is 0 Å². The van der Waals surface area contributed by atoms with Crippen molar-refractivity contribution < 1.29 is 23.5 Å². The first kappa shape index (κ1) is 12.7. The van der Waals surface area contributed by atoms with Crippen molar-refractivity contribution in [3.05, 3.63) is 0 Å². The molecule has 0 aromatic carbocycles. The van der Waals surface area contributed by atoms with Crippen LogP contribution >= 0.6 is 17.2 Å². The van der Waals surface area contributed by atoms with Crippen LogP contribution in [0.1, 0.15) is 20.8 Å². The summed E-state index contributed by atoms with van der Waals surface area (Å²) in [6, 6.07) is 0. The van der Waals surface area contributed by atoms with E-state index in [1.165, 1.54) is 0 Å². The highest BCUT2D eigenvalue weighted by Gasteiger charge is 2.17. The van der Waals surface area contributed by atoms with E-state index in [4.69, 9.17) is 19.2 Å². The Morgan fingerprint density at radius 3 is 2.00 bits per heavy atom. The Bertz CT molecular complexity index is 123. The molecule has 0 aliphatic rings. The van der Waals surface area contributed by atoms with Gasteiger partial charge in [0.1, 0.15) is 0 Å². The number of hydrogen-bond acceptors (Lipinski definition) is 5. The molecular formula is C5H14O5P2. The van der Waals surface area contributed by atoms with Crippen molar-refractivity contribution >= 4 is 17.2 Å². The van der Waals surface area contributed by atoms with E-state index in [1.54, 1.807) is 0 Å². The van der Waals surface area contributed by atoms with Crippen molar-refractivity contribution in [3.8, 4) is 0 Å². The lowest BCUT2D eigenvalue weighted by Gasteiger charge is -2.19. The van der Waals surface area contributed by atoms with Gasteiger partial charge in [0.2, 0.25) is 0 Å². The molecule has 0 bridgehead atoms. The molecule has 0 amide bonds. The van der Waals surface area contributed by atoms with Gasteiger partial charge in [-0.3, -0.25) is 0 Å². The van der Waals surface area contributed by atoms with Crippen LogP contribution < -0.4 is 0 Å².